The van der Waals surface area contributed by atoms with E-state index >= 15 is 0 Å². The van der Waals surface area contributed by atoms with Crippen LogP contribution in [0.15, 0.2) is 30.5 Å². The molecule has 1 atom stereocenters. The Kier molecular flexibility index (Phi) is 3.74. The summed E-state index contributed by atoms with van der Waals surface area (Å²) in [5.74, 6) is -0.289. The quantitative estimate of drug-likeness (QED) is 0.942. The van der Waals surface area contributed by atoms with Crippen LogP contribution in [0, 0.1) is 0 Å². The Hall–Kier alpha value is -2.14. The molecule has 1 N–H and O–H groups in total. The van der Waals surface area contributed by atoms with Crippen LogP contribution in [0.4, 0.5) is 0 Å². The molecular formula is C17H19NO4. The SMILES string of the molecule is CC1(C)C[C@H](Oc2ccc3nccc(C(=O)O)c3c2)CCO1. The number of rotatable bonds is 3. The van der Waals surface area contributed by atoms with Crippen molar-refractivity contribution in [2.45, 2.75) is 38.4 Å². The van der Waals surface area contributed by atoms with Crippen LogP contribution in [0.1, 0.15) is 37.0 Å². The van der Waals surface area contributed by atoms with Crippen LogP contribution in [-0.2, 0) is 4.74 Å². The minimum absolute atomic E-state index is 0.0751. The van der Waals surface area contributed by atoms with Crippen molar-refractivity contribution < 1.29 is 19.4 Å². The van der Waals surface area contributed by atoms with E-state index in [0.29, 0.717) is 23.3 Å². The van der Waals surface area contributed by atoms with E-state index in [-0.39, 0.29) is 17.3 Å². The molecule has 3 rings (SSSR count). The maximum Gasteiger partial charge on any atom is 0.336 e. The molecule has 2 aromatic rings. The lowest BCUT2D eigenvalue weighted by Gasteiger charge is -2.35. The van der Waals surface area contributed by atoms with E-state index in [4.69, 9.17) is 9.47 Å². The van der Waals surface area contributed by atoms with Gasteiger partial charge in [0.05, 0.1) is 23.3 Å². The van der Waals surface area contributed by atoms with Crippen molar-refractivity contribution in [2.75, 3.05) is 6.61 Å². The number of ether oxygens (including phenoxy) is 2. The first-order chi connectivity index (χ1) is 10.4. The minimum Gasteiger partial charge on any atom is -0.490 e. The van der Waals surface area contributed by atoms with Crippen LogP contribution in [-0.4, -0.2) is 34.4 Å². The second-order valence-corrected chi connectivity index (χ2v) is 6.18. The fraction of sp³-hybridized carbons (Fsp3) is 0.412. The number of aromatic carboxylic acids is 1. The van der Waals surface area contributed by atoms with Crippen molar-refractivity contribution in [3.8, 4) is 5.75 Å². The third-order valence-electron chi connectivity index (χ3n) is 3.90. The molecule has 2 heterocycles. The molecule has 0 amide bonds. The Morgan fingerprint density at radius 2 is 2.23 bits per heavy atom. The first-order valence-corrected chi connectivity index (χ1v) is 7.37. The molecule has 0 saturated carbocycles. The molecule has 1 aromatic heterocycles. The predicted molar refractivity (Wildman–Crippen MR) is 82.4 cm³/mol. The molecule has 0 bridgehead atoms. The second-order valence-electron chi connectivity index (χ2n) is 6.18. The van der Waals surface area contributed by atoms with E-state index in [1.807, 2.05) is 6.07 Å². The van der Waals surface area contributed by atoms with Crippen molar-refractivity contribution in [3.05, 3.63) is 36.0 Å². The van der Waals surface area contributed by atoms with Gasteiger partial charge in [-0.05, 0) is 38.1 Å². The van der Waals surface area contributed by atoms with Crippen LogP contribution in [0.3, 0.4) is 0 Å². The Balaban J connectivity index is 1.88. The zero-order chi connectivity index (χ0) is 15.7. The maximum atomic E-state index is 11.3. The van der Waals surface area contributed by atoms with Gasteiger partial charge in [0.15, 0.2) is 0 Å². The highest BCUT2D eigenvalue weighted by Gasteiger charge is 2.30. The van der Waals surface area contributed by atoms with Gasteiger partial charge in [-0.3, -0.25) is 4.98 Å². The third-order valence-corrected chi connectivity index (χ3v) is 3.90. The summed E-state index contributed by atoms with van der Waals surface area (Å²) in [6.45, 7) is 4.78. The Labute approximate surface area is 128 Å². The van der Waals surface area contributed by atoms with Crippen molar-refractivity contribution in [3.63, 3.8) is 0 Å². The number of carboxylic acid groups (broad SMARTS) is 1. The molecule has 0 unspecified atom stereocenters. The molecule has 1 aliphatic rings. The molecule has 1 fully saturated rings. The zero-order valence-electron chi connectivity index (χ0n) is 12.7. The fourth-order valence-corrected chi connectivity index (χ4v) is 2.85. The highest BCUT2D eigenvalue weighted by Crippen LogP contribution is 2.29. The lowest BCUT2D eigenvalue weighted by Crippen LogP contribution is -2.39. The lowest BCUT2D eigenvalue weighted by atomic mass is 9.96. The van der Waals surface area contributed by atoms with Gasteiger partial charge in [0.1, 0.15) is 11.9 Å². The number of benzene rings is 1. The van der Waals surface area contributed by atoms with Crippen LogP contribution in [0.25, 0.3) is 10.9 Å². The first kappa shape index (κ1) is 14.8. The van der Waals surface area contributed by atoms with Crippen LogP contribution in [0.2, 0.25) is 0 Å². The van der Waals surface area contributed by atoms with Crippen molar-refractivity contribution >= 4 is 16.9 Å². The molecule has 0 aliphatic carbocycles. The maximum absolute atomic E-state index is 11.3. The van der Waals surface area contributed by atoms with E-state index in [2.05, 4.69) is 18.8 Å². The topological polar surface area (TPSA) is 68.7 Å². The monoisotopic (exact) mass is 301 g/mol. The van der Waals surface area contributed by atoms with Crippen LogP contribution in [0.5, 0.6) is 5.75 Å². The molecule has 0 spiro atoms. The molecule has 22 heavy (non-hydrogen) atoms. The summed E-state index contributed by atoms with van der Waals surface area (Å²) >= 11 is 0. The van der Waals surface area contributed by atoms with E-state index in [1.54, 1.807) is 12.1 Å². The molecule has 1 aromatic carbocycles. The second kappa shape index (κ2) is 5.57. The number of hydrogen-bond acceptors (Lipinski definition) is 4. The number of aromatic nitrogens is 1. The summed E-state index contributed by atoms with van der Waals surface area (Å²) in [6, 6.07) is 6.89. The largest absolute Gasteiger partial charge is 0.490 e. The van der Waals surface area contributed by atoms with Gasteiger partial charge < -0.3 is 14.6 Å². The van der Waals surface area contributed by atoms with Gasteiger partial charge in [-0.2, -0.15) is 0 Å². The smallest absolute Gasteiger partial charge is 0.336 e. The standard InChI is InChI=1S/C17H19NO4/c1-17(2)10-12(6-8-21-17)22-11-3-4-15-14(9-11)13(16(19)20)5-7-18-15/h3-5,7,9,12H,6,8,10H2,1-2H3,(H,19,20)/t12-/m1/s1. The lowest BCUT2D eigenvalue weighted by molar-refractivity contribution is -0.0896. The first-order valence-electron chi connectivity index (χ1n) is 7.37. The summed E-state index contributed by atoms with van der Waals surface area (Å²) in [5, 5.41) is 9.87. The summed E-state index contributed by atoms with van der Waals surface area (Å²) in [7, 11) is 0. The van der Waals surface area contributed by atoms with Crippen molar-refractivity contribution in [1.29, 1.82) is 0 Å². The van der Waals surface area contributed by atoms with Gasteiger partial charge >= 0.3 is 5.97 Å². The Morgan fingerprint density at radius 1 is 1.41 bits per heavy atom. The number of nitrogens with zero attached hydrogens (tertiary/aromatic N) is 1. The number of hydrogen-bond donors (Lipinski definition) is 1. The number of carboxylic acids is 1. The molecular weight excluding hydrogens is 282 g/mol. The number of pyridine rings is 1. The molecule has 0 radical (unpaired) electrons. The van der Waals surface area contributed by atoms with Crippen LogP contribution < -0.4 is 4.74 Å². The molecule has 1 aliphatic heterocycles. The number of fused-ring (bicyclic) bond motifs is 1. The summed E-state index contributed by atoms with van der Waals surface area (Å²) in [5.41, 5.74) is 0.704. The normalized spacial score (nSPS) is 20.7. The average molecular weight is 301 g/mol. The van der Waals surface area contributed by atoms with E-state index in [1.165, 1.54) is 12.3 Å². The summed E-state index contributed by atoms with van der Waals surface area (Å²) in [4.78, 5) is 15.5. The molecule has 1 saturated heterocycles. The van der Waals surface area contributed by atoms with Crippen molar-refractivity contribution in [2.24, 2.45) is 0 Å². The van der Waals surface area contributed by atoms with Crippen LogP contribution >= 0.6 is 0 Å². The Morgan fingerprint density at radius 3 is 2.95 bits per heavy atom. The average Bonchev–Trinajstić information content (AvgIpc) is 2.45. The van der Waals surface area contributed by atoms with Gasteiger partial charge in [-0.25, -0.2) is 4.79 Å². The zero-order valence-corrected chi connectivity index (χ0v) is 12.7. The molecule has 5 nitrogen and oxygen atoms in total. The summed E-state index contributed by atoms with van der Waals surface area (Å²) < 4.78 is 11.7. The highest BCUT2D eigenvalue weighted by molar-refractivity contribution is 6.02. The predicted octanol–water partition coefficient (Wildman–Crippen LogP) is 3.27. The van der Waals surface area contributed by atoms with Gasteiger partial charge in [-0.15, -0.1) is 0 Å². The van der Waals surface area contributed by atoms with E-state index in [9.17, 15) is 9.90 Å². The molecule has 5 heteroatoms. The van der Waals surface area contributed by atoms with Gasteiger partial charge in [0.25, 0.3) is 0 Å². The third kappa shape index (κ3) is 3.04. The minimum atomic E-state index is -0.961. The molecule has 116 valence electrons. The van der Waals surface area contributed by atoms with Gasteiger partial charge in [0.2, 0.25) is 0 Å². The van der Waals surface area contributed by atoms with E-state index in [0.717, 1.165) is 12.8 Å². The van der Waals surface area contributed by atoms with Gasteiger partial charge in [0, 0.05) is 24.4 Å². The number of carbonyl (C=O) groups is 1. The van der Waals surface area contributed by atoms with Crippen molar-refractivity contribution in [1.82, 2.24) is 4.98 Å². The van der Waals surface area contributed by atoms with E-state index < -0.39 is 5.97 Å². The Bertz CT molecular complexity index is 711. The highest BCUT2D eigenvalue weighted by atomic mass is 16.5. The fourth-order valence-electron chi connectivity index (χ4n) is 2.85. The summed E-state index contributed by atoms with van der Waals surface area (Å²) in [6.07, 6.45) is 3.23. The van der Waals surface area contributed by atoms with Gasteiger partial charge in [-0.1, -0.05) is 0 Å².